The number of nitrogens with two attached hydrogens (primary N) is 1. The number of ether oxygens (including phenoxy) is 1. The van der Waals surface area contributed by atoms with Crippen molar-refractivity contribution in [3.63, 3.8) is 0 Å². The van der Waals surface area contributed by atoms with Gasteiger partial charge in [0.15, 0.2) is 0 Å². The van der Waals surface area contributed by atoms with E-state index in [2.05, 4.69) is 0 Å². The molecule has 1 atom stereocenters. The van der Waals surface area contributed by atoms with Crippen molar-refractivity contribution in [1.82, 2.24) is 0 Å². The van der Waals surface area contributed by atoms with Crippen LogP contribution in [0.2, 0.25) is 0 Å². The van der Waals surface area contributed by atoms with Gasteiger partial charge in [-0.3, -0.25) is 4.79 Å². The second-order valence-electron chi connectivity index (χ2n) is 5.95. The van der Waals surface area contributed by atoms with Gasteiger partial charge in [0, 0.05) is 13.0 Å². The molecule has 0 spiro atoms. The highest BCUT2D eigenvalue weighted by atomic mass is 32.1. The molecule has 5 nitrogen and oxygen atoms in total. The van der Waals surface area contributed by atoms with E-state index >= 15 is 0 Å². The number of thiophene rings is 1. The van der Waals surface area contributed by atoms with Crippen molar-refractivity contribution in [1.29, 1.82) is 0 Å². The topological polar surface area (TPSA) is 72.6 Å². The molecular formula is C14H20N2O3S. The Labute approximate surface area is 122 Å². The largest absolute Gasteiger partial charge is 0.456 e. The molecule has 2 heterocycles. The molecule has 0 saturated carbocycles. The van der Waals surface area contributed by atoms with Gasteiger partial charge in [0.25, 0.3) is 0 Å². The summed E-state index contributed by atoms with van der Waals surface area (Å²) in [6, 6.07) is 1.71. The third-order valence-electron chi connectivity index (χ3n) is 3.05. The zero-order valence-electron chi connectivity index (χ0n) is 12.0. The molecule has 2 rings (SSSR count). The molecule has 2 N–H and O–H groups in total. The van der Waals surface area contributed by atoms with Crippen LogP contribution in [-0.4, -0.2) is 30.6 Å². The van der Waals surface area contributed by atoms with Gasteiger partial charge in [0.1, 0.15) is 10.6 Å². The van der Waals surface area contributed by atoms with E-state index in [0.717, 1.165) is 0 Å². The summed E-state index contributed by atoms with van der Waals surface area (Å²) in [5.74, 6) is -0.207. The third kappa shape index (κ3) is 3.19. The molecule has 1 aliphatic heterocycles. The average molecular weight is 296 g/mol. The number of amides is 1. The zero-order chi connectivity index (χ0) is 14.9. The van der Waals surface area contributed by atoms with Crippen molar-refractivity contribution < 1.29 is 14.3 Å². The van der Waals surface area contributed by atoms with E-state index in [1.165, 1.54) is 11.3 Å². The number of nitrogens with zero attached hydrogens (tertiary/aromatic N) is 1. The quantitative estimate of drug-likeness (QED) is 0.866. The molecule has 1 amide bonds. The second kappa shape index (κ2) is 5.54. The lowest BCUT2D eigenvalue weighted by Gasteiger charge is -2.21. The standard InChI is InChI=1S/C14H20N2O3S/c1-14(2,3)19-13(18)10-4-5-20-12(10)16-8-9(7-15)6-11(16)17/h4-5,9H,6-8,15H2,1-3H3. The summed E-state index contributed by atoms with van der Waals surface area (Å²) in [6.45, 7) is 6.52. The van der Waals surface area contributed by atoms with Crippen molar-refractivity contribution in [2.45, 2.75) is 32.8 Å². The highest BCUT2D eigenvalue weighted by molar-refractivity contribution is 7.14. The van der Waals surface area contributed by atoms with Gasteiger partial charge < -0.3 is 15.4 Å². The van der Waals surface area contributed by atoms with E-state index in [0.29, 0.717) is 30.1 Å². The Kier molecular flexibility index (Phi) is 4.15. The molecule has 0 aliphatic carbocycles. The van der Waals surface area contributed by atoms with Crippen LogP contribution in [0.25, 0.3) is 0 Å². The molecule has 0 radical (unpaired) electrons. The van der Waals surface area contributed by atoms with Crippen molar-refractivity contribution >= 4 is 28.2 Å². The first-order valence-electron chi connectivity index (χ1n) is 6.63. The fraction of sp³-hybridized carbons (Fsp3) is 0.571. The van der Waals surface area contributed by atoms with E-state index in [4.69, 9.17) is 10.5 Å². The van der Waals surface area contributed by atoms with E-state index in [-0.39, 0.29) is 11.8 Å². The van der Waals surface area contributed by atoms with Crippen LogP contribution < -0.4 is 10.6 Å². The highest BCUT2D eigenvalue weighted by Crippen LogP contribution is 2.33. The van der Waals surface area contributed by atoms with Gasteiger partial charge in [-0.05, 0) is 44.7 Å². The lowest BCUT2D eigenvalue weighted by molar-refractivity contribution is -0.117. The molecule has 1 aromatic rings. The first kappa shape index (κ1) is 15.0. The minimum atomic E-state index is -0.550. The fourth-order valence-electron chi connectivity index (χ4n) is 2.13. The molecule has 1 fully saturated rings. The second-order valence-corrected chi connectivity index (χ2v) is 6.85. The number of rotatable bonds is 3. The monoisotopic (exact) mass is 296 g/mol. The van der Waals surface area contributed by atoms with Gasteiger partial charge in [0.2, 0.25) is 5.91 Å². The smallest absolute Gasteiger partial charge is 0.341 e. The van der Waals surface area contributed by atoms with Crippen LogP contribution in [-0.2, 0) is 9.53 Å². The summed E-state index contributed by atoms with van der Waals surface area (Å²) in [6.07, 6.45) is 0.447. The molecule has 6 heteroatoms. The van der Waals surface area contributed by atoms with Gasteiger partial charge >= 0.3 is 5.97 Å². The van der Waals surface area contributed by atoms with E-state index < -0.39 is 11.6 Å². The lowest BCUT2D eigenvalue weighted by atomic mass is 10.1. The van der Waals surface area contributed by atoms with E-state index in [1.54, 1.807) is 16.3 Å². The van der Waals surface area contributed by atoms with Gasteiger partial charge in [-0.2, -0.15) is 0 Å². The minimum absolute atomic E-state index is 0.0210. The van der Waals surface area contributed by atoms with Gasteiger partial charge in [-0.25, -0.2) is 4.79 Å². The van der Waals surface area contributed by atoms with Gasteiger partial charge in [0.05, 0.1) is 5.56 Å². The van der Waals surface area contributed by atoms with E-state index in [9.17, 15) is 9.59 Å². The van der Waals surface area contributed by atoms with Crippen molar-refractivity contribution in [3.8, 4) is 0 Å². The van der Waals surface area contributed by atoms with Crippen LogP contribution in [0.3, 0.4) is 0 Å². The summed E-state index contributed by atoms with van der Waals surface area (Å²) in [5.41, 5.74) is 5.53. The van der Waals surface area contributed by atoms with E-state index in [1.807, 2.05) is 20.8 Å². The number of carbonyl (C=O) groups is 2. The normalized spacial score (nSPS) is 19.5. The number of hydrogen-bond donors (Lipinski definition) is 1. The molecular weight excluding hydrogens is 276 g/mol. The predicted octanol–water partition coefficient (Wildman–Crippen LogP) is 2.02. The van der Waals surface area contributed by atoms with Crippen molar-refractivity contribution in [2.75, 3.05) is 18.0 Å². The van der Waals surface area contributed by atoms with Crippen molar-refractivity contribution in [2.24, 2.45) is 11.7 Å². The Morgan fingerprint density at radius 1 is 1.55 bits per heavy atom. The number of hydrogen-bond acceptors (Lipinski definition) is 5. The van der Waals surface area contributed by atoms with Gasteiger partial charge in [-0.15, -0.1) is 11.3 Å². The molecule has 0 aromatic carbocycles. The molecule has 1 unspecified atom stereocenters. The van der Waals surface area contributed by atoms with Crippen LogP contribution >= 0.6 is 11.3 Å². The first-order chi connectivity index (χ1) is 9.31. The molecule has 110 valence electrons. The van der Waals surface area contributed by atoms with Crippen LogP contribution in [0.4, 0.5) is 5.00 Å². The Bertz CT molecular complexity index is 519. The molecule has 1 aromatic heterocycles. The molecule has 1 aliphatic rings. The van der Waals surface area contributed by atoms with Gasteiger partial charge in [-0.1, -0.05) is 0 Å². The summed E-state index contributed by atoms with van der Waals surface area (Å²) >= 11 is 1.38. The highest BCUT2D eigenvalue weighted by Gasteiger charge is 2.33. The Morgan fingerprint density at radius 3 is 2.80 bits per heavy atom. The summed E-state index contributed by atoms with van der Waals surface area (Å²) in [7, 11) is 0. The molecule has 0 bridgehead atoms. The maximum atomic E-state index is 12.2. The summed E-state index contributed by atoms with van der Waals surface area (Å²) in [4.78, 5) is 25.9. The number of carbonyl (C=O) groups excluding carboxylic acids is 2. The Morgan fingerprint density at radius 2 is 2.25 bits per heavy atom. The van der Waals surface area contributed by atoms with Crippen LogP contribution in [0.5, 0.6) is 0 Å². The van der Waals surface area contributed by atoms with Crippen LogP contribution in [0, 0.1) is 5.92 Å². The fourth-order valence-corrected chi connectivity index (χ4v) is 3.05. The maximum absolute atomic E-state index is 12.2. The SMILES string of the molecule is CC(C)(C)OC(=O)c1ccsc1N1CC(CN)CC1=O. The lowest BCUT2D eigenvalue weighted by Crippen LogP contribution is -2.28. The predicted molar refractivity (Wildman–Crippen MR) is 79.0 cm³/mol. The summed E-state index contributed by atoms with van der Waals surface area (Å²) < 4.78 is 5.38. The first-order valence-corrected chi connectivity index (χ1v) is 7.51. The summed E-state index contributed by atoms with van der Waals surface area (Å²) in [5, 5.41) is 2.47. The molecule has 1 saturated heterocycles. The molecule has 20 heavy (non-hydrogen) atoms. The van der Waals surface area contributed by atoms with Crippen LogP contribution in [0.15, 0.2) is 11.4 Å². The Hall–Kier alpha value is -1.40. The minimum Gasteiger partial charge on any atom is -0.456 e. The zero-order valence-corrected chi connectivity index (χ0v) is 12.8. The van der Waals surface area contributed by atoms with Crippen molar-refractivity contribution in [3.05, 3.63) is 17.0 Å². The number of anilines is 1. The average Bonchev–Trinajstić information content (AvgIpc) is 2.92. The Balaban J connectivity index is 2.21. The number of esters is 1. The third-order valence-corrected chi connectivity index (χ3v) is 3.98. The van der Waals surface area contributed by atoms with Crippen LogP contribution in [0.1, 0.15) is 37.6 Å². The maximum Gasteiger partial charge on any atom is 0.341 e.